The van der Waals surface area contributed by atoms with Gasteiger partial charge >= 0.3 is 35.9 Å². The molecule has 1 aliphatic heterocycles. The van der Waals surface area contributed by atoms with Gasteiger partial charge in [0.1, 0.15) is 41.2 Å². The van der Waals surface area contributed by atoms with Crippen LogP contribution in [-0.4, -0.2) is 245 Å². The molecule has 0 spiro atoms. The van der Waals surface area contributed by atoms with Crippen molar-refractivity contribution in [2.75, 3.05) is 105 Å². The molecule has 4 aromatic carbocycles. The first-order chi connectivity index (χ1) is 50.3. The van der Waals surface area contributed by atoms with E-state index in [4.69, 9.17) is 9.84 Å². The number of carbonyl (C=O) groups excluding carboxylic acids is 8. The van der Waals surface area contributed by atoms with Gasteiger partial charge in [-0.05, 0) is 154 Å². The van der Waals surface area contributed by atoms with Gasteiger partial charge in [-0.1, -0.05) is 73.5 Å². The zero-order chi connectivity index (χ0) is 76.2. The third-order valence-electron chi connectivity index (χ3n) is 19.4. The quantitative estimate of drug-likeness (QED) is 0.0207. The number of benzene rings is 4. The fraction of sp³-hybridized carbons (Fsp3) is 0.566. The van der Waals surface area contributed by atoms with Gasteiger partial charge in [0.25, 0.3) is 0 Å². The summed E-state index contributed by atoms with van der Waals surface area (Å²) in [5, 5.41) is 67.5. The van der Waals surface area contributed by atoms with E-state index in [2.05, 4.69) is 38.0 Å². The molecule has 574 valence electrons. The third-order valence-corrected chi connectivity index (χ3v) is 19.4. The number of carboxylic acids is 5. The molecule has 29 nitrogen and oxygen atoms in total. The number of carboxylic acid groups (broad SMARTS) is 5. The lowest BCUT2D eigenvalue weighted by atomic mass is 9.77. The summed E-state index contributed by atoms with van der Waals surface area (Å²) in [5.74, 6) is -8.39. The van der Waals surface area contributed by atoms with Crippen LogP contribution < -0.4 is 36.6 Å². The van der Waals surface area contributed by atoms with Crippen LogP contribution in [0.5, 0.6) is 5.75 Å². The van der Waals surface area contributed by atoms with Crippen molar-refractivity contribution in [2.24, 2.45) is 17.8 Å². The fourth-order valence-corrected chi connectivity index (χ4v) is 13.6. The fourth-order valence-electron chi connectivity index (χ4n) is 13.6. The van der Waals surface area contributed by atoms with Crippen LogP contribution in [-0.2, 0) is 70.4 Å². The van der Waals surface area contributed by atoms with Crippen LogP contribution in [0.2, 0.25) is 0 Å². The van der Waals surface area contributed by atoms with Crippen molar-refractivity contribution in [1.82, 2.24) is 51.5 Å². The number of Topliss-reactive ketones (excluding diaryl/α,β-unsaturated/α-hetero) is 3. The monoisotopic (exact) mass is 1460 g/mol. The molecule has 0 aromatic heterocycles. The number of nitrogens with one attached hydrogen (secondary N) is 6. The molecule has 6 rings (SSSR count). The van der Waals surface area contributed by atoms with E-state index < -0.39 is 71.7 Å². The number of rotatable bonds is 44. The Bertz CT molecular complexity index is 3500. The number of ketones is 3. The summed E-state index contributed by atoms with van der Waals surface area (Å²) >= 11 is 0. The van der Waals surface area contributed by atoms with E-state index >= 15 is 0 Å². The number of aliphatic carboxylic acids is 5. The molecule has 29 heteroatoms. The summed E-state index contributed by atoms with van der Waals surface area (Å²) < 4.78 is 5.23. The lowest BCUT2D eigenvalue weighted by Gasteiger charge is -2.33. The maximum atomic E-state index is 14.5. The second kappa shape index (κ2) is 45.0. The Labute approximate surface area is 612 Å². The first kappa shape index (κ1) is 84.5. The van der Waals surface area contributed by atoms with Crippen LogP contribution >= 0.6 is 0 Å². The lowest BCUT2D eigenvalue weighted by molar-refractivity contribution is -0.141. The second-order valence-electron chi connectivity index (χ2n) is 27.6. The number of carbonyl (C=O) groups is 13. The Morgan fingerprint density at radius 2 is 1.04 bits per heavy atom. The first-order valence-corrected chi connectivity index (χ1v) is 36.6. The summed E-state index contributed by atoms with van der Waals surface area (Å²) in [6.07, 6.45) is 5.34. The Morgan fingerprint density at radius 1 is 0.505 bits per heavy atom. The van der Waals surface area contributed by atoms with Crippen LogP contribution in [0.25, 0.3) is 21.5 Å². The maximum absolute atomic E-state index is 14.5. The van der Waals surface area contributed by atoms with E-state index in [0.29, 0.717) is 122 Å². The SMILES string of the molecule is COc1ccc(CCCC(=O)NCC(=O)N[C@@H](CCCCCC(=O)CN2CCN(CC(=O)O)CCN(CC(C)=O)CCN(CC(=O)O)CC2)C(=O)NCC2CCC(C(=O)C[C@@H](Cc3c4ccccc4cc4ccccc34)C(=O)NCCCC[C@H](NC(=O)N[C@@H](CCCC(=O)O)C(=O)O)C(=O)O)CC2)cc1. The summed E-state index contributed by atoms with van der Waals surface area (Å²) in [4.78, 5) is 174. The van der Waals surface area contributed by atoms with Crippen LogP contribution in [0.4, 0.5) is 4.79 Å². The number of unbranched alkanes of at least 4 members (excludes halogenated alkanes) is 3. The van der Waals surface area contributed by atoms with Gasteiger partial charge in [-0.2, -0.15) is 0 Å². The molecule has 4 atom stereocenters. The molecule has 2 fully saturated rings. The zero-order valence-corrected chi connectivity index (χ0v) is 60.5. The Morgan fingerprint density at radius 3 is 1.58 bits per heavy atom. The predicted octanol–water partition coefficient (Wildman–Crippen LogP) is 4.91. The number of fused-ring (bicyclic) bond motifs is 2. The molecule has 0 radical (unpaired) electrons. The second-order valence-corrected chi connectivity index (χ2v) is 27.6. The minimum atomic E-state index is -1.45. The van der Waals surface area contributed by atoms with Crippen molar-refractivity contribution in [3.8, 4) is 5.75 Å². The zero-order valence-electron chi connectivity index (χ0n) is 60.5. The highest BCUT2D eigenvalue weighted by Gasteiger charge is 2.33. The van der Waals surface area contributed by atoms with Crippen LogP contribution in [0.15, 0.2) is 78.9 Å². The molecule has 1 saturated heterocycles. The standard InChI is InChI=1S/C76H106N10O19/c1-51(87)47-83-34-38-85(49-70(94)95)40-36-84(37-41-86(39-35-83)50-71(96)97)48-58(88)17-4-3-5-20-63(80-68(91)46-78-67(90)23-12-14-52-27-31-59(105-2)32-28-52)73(99)79-45-53-25-29-54(30-26-53)66(89)44-57(43-62-60-18-8-6-15-55(60)42-56-16-7-9-19-61(56)62)72(98)77-33-11-10-21-64(74(100)101)81-76(104)82-65(75(102)103)22-13-24-69(92)93/h6-9,15-16,18-19,27-28,31-32,42,53-54,57,63-65H,3-5,10-14,17,20-26,29-30,33-41,43-50H2,1-2H3,(H,77,98)(H,78,90)(H,79,99)(H,80,91)(H,92,93)(H,94,95)(H,96,97)(H,100,101)(H,102,103)(H2,81,82,104)/t53?,54?,57-,63+,64+,65+/m1/s1. The van der Waals surface area contributed by atoms with E-state index in [9.17, 15) is 82.8 Å². The molecular weight excluding hydrogens is 1360 g/mol. The van der Waals surface area contributed by atoms with Gasteiger partial charge in [0.2, 0.25) is 23.6 Å². The van der Waals surface area contributed by atoms with Crippen LogP contribution in [0.1, 0.15) is 134 Å². The van der Waals surface area contributed by atoms with Crippen molar-refractivity contribution >= 4 is 98.4 Å². The average molecular weight is 1460 g/mol. The number of methoxy groups -OCH3 is 1. The van der Waals surface area contributed by atoms with Gasteiger partial charge in [0.15, 0.2) is 0 Å². The van der Waals surface area contributed by atoms with Gasteiger partial charge in [0, 0.05) is 103 Å². The Hall–Kier alpha value is -9.45. The molecule has 0 unspecified atom stereocenters. The van der Waals surface area contributed by atoms with Gasteiger partial charge in [0.05, 0.1) is 39.8 Å². The van der Waals surface area contributed by atoms with E-state index in [1.54, 1.807) is 16.9 Å². The third kappa shape index (κ3) is 31.4. The summed E-state index contributed by atoms with van der Waals surface area (Å²) in [6.45, 7) is 3.94. The van der Waals surface area contributed by atoms with E-state index in [1.807, 2.05) is 82.6 Å². The molecule has 1 saturated carbocycles. The highest BCUT2D eigenvalue weighted by Crippen LogP contribution is 2.34. The minimum absolute atomic E-state index is 0.0268. The smallest absolute Gasteiger partial charge is 0.326 e. The number of urea groups is 1. The summed E-state index contributed by atoms with van der Waals surface area (Å²) in [5.41, 5.74) is 1.92. The van der Waals surface area contributed by atoms with Crippen molar-refractivity contribution in [1.29, 1.82) is 0 Å². The predicted molar refractivity (Wildman–Crippen MR) is 390 cm³/mol. The van der Waals surface area contributed by atoms with Crippen LogP contribution in [0.3, 0.4) is 0 Å². The topological polar surface area (TPSA) is 417 Å². The minimum Gasteiger partial charge on any atom is -0.497 e. The molecular formula is C76H106N10O19. The summed E-state index contributed by atoms with van der Waals surface area (Å²) in [7, 11) is 1.58. The van der Waals surface area contributed by atoms with E-state index in [1.165, 1.54) is 6.92 Å². The molecule has 1 heterocycles. The molecule has 6 amide bonds. The van der Waals surface area contributed by atoms with Gasteiger partial charge in [-0.3, -0.25) is 67.5 Å². The van der Waals surface area contributed by atoms with E-state index in [-0.39, 0.29) is 151 Å². The van der Waals surface area contributed by atoms with Gasteiger partial charge < -0.3 is 62.2 Å². The van der Waals surface area contributed by atoms with Gasteiger partial charge in [-0.25, -0.2) is 14.4 Å². The molecule has 0 bridgehead atoms. The molecule has 2 aliphatic rings. The molecule has 105 heavy (non-hydrogen) atoms. The number of hydrogen-bond acceptors (Lipinski definition) is 18. The molecule has 11 N–H and O–H groups in total. The number of aryl methyl sites for hydroxylation is 1. The number of ether oxygens (including phenoxy) is 1. The number of nitrogens with zero attached hydrogens (tertiary/aromatic N) is 4. The maximum Gasteiger partial charge on any atom is 0.326 e. The molecule has 4 aromatic rings. The normalized spacial score (nSPS) is 16.9. The van der Waals surface area contributed by atoms with Crippen LogP contribution in [0, 0.1) is 17.8 Å². The average Bonchev–Trinajstić information content (AvgIpc) is 0.773. The van der Waals surface area contributed by atoms with Crippen molar-refractivity contribution in [2.45, 2.75) is 153 Å². The van der Waals surface area contributed by atoms with Crippen molar-refractivity contribution in [3.05, 3.63) is 90.0 Å². The largest absolute Gasteiger partial charge is 0.497 e. The highest BCUT2D eigenvalue weighted by atomic mass is 16.5. The first-order valence-electron chi connectivity index (χ1n) is 36.6. The number of hydrogen-bond donors (Lipinski definition) is 11. The lowest BCUT2D eigenvalue weighted by Crippen LogP contribution is -2.51. The Kier molecular flexibility index (Phi) is 36.2. The van der Waals surface area contributed by atoms with Crippen molar-refractivity contribution in [3.63, 3.8) is 0 Å². The summed E-state index contributed by atoms with van der Waals surface area (Å²) in [6, 6.07) is 20.3. The Balaban J connectivity index is 1.05. The highest BCUT2D eigenvalue weighted by molar-refractivity contribution is 6.03. The van der Waals surface area contributed by atoms with Gasteiger partial charge in [-0.15, -0.1) is 0 Å². The molecule has 1 aliphatic carbocycles. The van der Waals surface area contributed by atoms with Crippen molar-refractivity contribution < 1.29 is 92.6 Å². The van der Waals surface area contributed by atoms with E-state index in [0.717, 1.165) is 32.7 Å². The number of amides is 6.